The molecule has 6 nitrogen and oxygen atoms in total. The summed E-state index contributed by atoms with van der Waals surface area (Å²) < 4.78 is 0. The van der Waals surface area contributed by atoms with Gasteiger partial charge in [-0.1, -0.05) is 38.1 Å². The van der Waals surface area contributed by atoms with Crippen LogP contribution in [0, 0.1) is 17.2 Å². The van der Waals surface area contributed by atoms with E-state index in [1.807, 2.05) is 26.0 Å². The zero-order valence-corrected chi connectivity index (χ0v) is 15.4. The Labute approximate surface area is 158 Å². The number of hydrogen-bond acceptors (Lipinski definition) is 4. The standard InChI is InChI=1S/C21H23N3O3/c1-14(2)12-19(21(27)23-11-10-22)24-20(26)16-8-6-15(7-9-16)17-4-3-5-18(25)13-17/h3-9,13-14,19,25H,11-12H2,1-2H3,(H,23,27)(H,24,26)/t19-/m0/s1. The number of carbonyl (C=O) groups excluding carboxylic acids is 2. The van der Waals surface area contributed by atoms with E-state index in [4.69, 9.17) is 5.26 Å². The van der Waals surface area contributed by atoms with Gasteiger partial charge >= 0.3 is 0 Å². The first kappa shape index (κ1) is 20.0. The van der Waals surface area contributed by atoms with Crippen LogP contribution in [-0.2, 0) is 4.79 Å². The molecule has 2 aromatic rings. The van der Waals surface area contributed by atoms with Crippen LogP contribution in [-0.4, -0.2) is 29.5 Å². The molecular formula is C21H23N3O3. The molecule has 0 unspecified atom stereocenters. The van der Waals surface area contributed by atoms with Crippen molar-refractivity contribution in [2.45, 2.75) is 26.3 Å². The van der Waals surface area contributed by atoms with Crippen LogP contribution in [0.25, 0.3) is 11.1 Å². The Hall–Kier alpha value is -3.33. The van der Waals surface area contributed by atoms with Crippen molar-refractivity contribution in [2.75, 3.05) is 6.54 Å². The molecule has 0 bridgehead atoms. The first-order chi connectivity index (χ1) is 12.9. The van der Waals surface area contributed by atoms with Gasteiger partial charge in [-0.15, -0.1) is 0 Å². The van der Waals surface area contributed by atoms with Crippen LogP contribution in [0.4, 0.5) is 0 Å². The monoisotopic (exact) mass is 365 g/mol. The fourth-order valence-corrected chi connectivity index (χ4v) is 2.69. The zero-order chi connectivity index (χ0) is 19.8. The van der Waals surface area contributed by atoms with Crippen LogP contribution < -0.4 is 10.6 Å². The van der Waals surface area contributed by atoms with Gasteiger partial charge in [-0.2, -0.15) is 5.26 Å². The molecule has 27 heavy (non-hydrogen) atoms. The number of amides is 2. The summed E-state index contributed by atoms with van der Waals surface area (Å²) >= 11 is 0. The number of nitrogens with zero attached hydrogens (tertiary/aromatic N) is 1. The summed E-state index contributed by atoms with van der Waals surface area (Å²) in [5.41, 5.74) is 2.14. The topological polar surface area (TPSA) is 102 Å². The van der Waals surface area contributed by atoms with Crippen LogP contribution in [0.15, 0.2) is 48.5 Å². The van der Waals surface area contributed by atoms with Crippen LogP contribution in [0.1, 0.15) is 30.6 Å². The molecule has 3 N–H and O–H groups in total. The molecule has 0 heterocycles. The maximum absolute atomic E-state index is 12.5. The van der Waals surface area contributed by atoms with Crippen molar-refractivity contribution < 1.29 is 14.7 Å². The molecule has 2 rings (SSSR count). The molecule has 0 radical (unpaired) electrons. The third-order valence-electron chi connectivity index (χ3n) is 4.00. The second-order valence-corrected chi connectivity index (χ2v) is 6.66. The third kappa shape index (κ3) is 5.86. The van der Waals surface area contributed by atoms with Crippen molar-refractivity contribution >= 4 is 11.8 Å². The lowest BCUT2D eigenvalue weighted by Crippen LogP contribution is -2.47. The molecular weight excluding hydrogens is 342 g/mol. The van der Waals surface area contributed by atoms with Crippen molar-refractivity contribution in [2.24, 2.45) is 5.92 Å². The fraction of sp³-hybridized carbons (Fsp3) is 0.286. The van der Waals surface area contributed by atoms with Crippen LogP contribution in [0.3, 0.4) is 0 Å². The maximum atomic E-state index is 12.5. The molecule has 0 aromatic heterocycles. The highest BCUT2D eigenvalue weighted by atomic mass is 16.3. The Bertz CT molecular complexity index is 838. The smallest absolute Gasteiger partial charge is 0.251 e. The van der Waals surface area contributed by atoms with Crippen molar-refractivity contribution in [3.63, 3.8) is 0 Å². The Kier molecular flexibility index (Phi) is 6.95. The lowest BCUT2D eigenvalue weighted by Gasteiger charge is -2.19. The van der Waals surface area contributed by atoms with Crippen LogP contribution in [0.5, 0.6) is 5.75 Å². The predicted octanol–water partition coefficient (Wildman–Crippen LogP) is 2.84. The average Bonchev–Trinajstić information content (AvgIpc) is 2.65. The maximum Gasteiger partial charge on any atom is 0.251 e. The van der Waals surface area contributed by atoms with Gasteiger partial charge in [0.2, 0.25) is 5.91 Å². The van der Waals surface area contributed by atoms with Gasteiger partial charge in [0.1, 0.15) is 18.3 Å². The first-order valence-corrected chi connectivity index (χ1v) is 8.75. The van der Waals surface area contributed by atoms with E-state index in [2.05, 4.69) is 10.6 Å². The summed E-state index contributed by atoms with van der Waals surface area (Å²) in [6.07, 6.45) is 0.477. The van der Waals surface area contributed by atoms with Gasteiger partial charge < -0.3 is 15.7 Å². The Balaban J connectivity index is 2.10. The summed E-state index contributed by atoms with van der Waals surface area (Å²) in [5, 5.41) is 23.4. The highest BCUT2D eigenvalue weighted by Crippen LogP contribution is 2.23. The molecule has 0 spiro atoms. The fourth-order valence-electron chi connectivity index (χ4n) is 2.69. The second-order valence-electron chi connectivity index (χ2n) is 6.66. The van der Waals surface area contributed by atoms with E-state index in [1.54, 1.807) is 42.5 Å². The van der Waals surface area contributed by atoms with E-state index in [-0.39, 0.29) is 30.0 Å². The number of phenols is 1. The van der Waals surface area contributed by atoms with E-state index in [9.17, 15) is 14.7 Å². The number of hydrogen-bond donors (Lipinski definition) is 3. The number of nitrogens with one attached hydrogen (secondary N) is 2. The van der Waals surface area contributed by atoms with Crippen molar-refractivity contribution in [1.82, 2.24) is 10.6 Å². The van der Waals surface area contributed by atoms with Crippen molar-refractivity contribution in [3.05, 3.63) is 54.1 Å². The summed E-state index contributed by atoms with van der Waals surface area (Å²) in [7, 11) is 0. The molecule has 6 heteroatoms. The molecule has 2 amide bonds. The summed E-state index contributed by atoms with van der Waals surface area (Å²) in [5.74, 6) is -0.337. The zero-order valence-electron chi connectivity index (χ0n) is 15.4. The number of aromatic hydroxyl groups is 1. The lowest BCUT2D eigenvalue weighted by atomic mass is 10.0. The van der Waals surface area contributed by atoms with Crippen molar-refractivity contribution in [1.29, 1.82) is 5.26 Å². The van der Waals surface area contributed by atoms with Gasteiger partial charge in [-0.3, -0.25) is 9.59 Å². The van der Waals surface area contributed by atoms with E-state index in [0.717, 1.165) is 11.1 Å². The van der Waals surface area contributed by atoms with E-state index in [1.165, 1.54) is 0 Å². The van der Waals surface area contributed by atoms with E-state index in [0.29, 0.717) is 12.0 Å². The average molecular weight is 365 g/mol. The van der Waals surface area contributed by atoms with Crippen LogP contribution in [0.2, 0.25) is 0 Å². The molecule has 0 saturated carbocycles. The number of rotatable bonds is 7. The lowest BCUT2D eigenvalue weighted by molar-refractivity contribution is -0.123. The quantitative estimate of drug-likeness (QED) is 0.657. The molecule has 0 aliphatic carbocycles. The first-order valence-electron chi connectivity index (χ1n) is 8.75. The molecule has 0 fully saturated rings. The van der Waals surface area contributed by atoms with Gasteiger partial charge in [0.15, 0.2) is 0 Å². The third-order valence-corrected chi connectivity index (χ3v) is 4.00. The molecule has 0 aliphatic heterocycles. The molecule has 0 aliphatic rings. The van der Waals surface area contributed by atoms with Crippen LogP contribution >= 0.6 is 0 Å². The summed E-state index contributed by atoms with van der Waals surface area (Å²) in [6.45, 7) is 3.82. The highest BCUT2D eigenvalue weighted by molar-refractivity contribution is 5.97. The van der Waals surface area contributed by atoms with Crippen molar-refractivity contribution in [3.8, 4) is 22.9 Å². The minimum atomic E-state index is -0.698. The normalized spacial score (nSPS) is 11.5. The summed E-state index contributed by atoms with van der Waals surface area (Å²) in [6, 6.07) is 14.9. The van der Waals surface area contributed by atoms with Gasteiger partial charge in [0.25, 0.3) is 5.91 Å². The highest BCUT2D eigenvalue weighted by Gasteiger charge is 2.22. The van der Waals surface area contributed by atoms with Gasteiger partial charge in [-0.25, -0.2) is 0 Å². The van der Waals surface area contributed by atoms with E-state index >= 15 is 0 Å². The predicted molar refractivity (Wildman–Crippen MR) is 103 cm³/mol. The van der Waals surface area contributed by atoms with Gasteiger partial charge in [0.05, 0.1) is 6.07 Å². The molecule has 1 atom stereocenters. The minimum Gasteiger partial charge on any atom is -0.508 e. The molecule has 2 aromatic carbocycles. The number of carbonyl (C=O) groups is 2. The molecule has 140 valence electrons. The SMILES string of the molecule is CC(C)C[C@H](NC(=O)c1ccc(-c2cccc(O)c2)cc1)C(=O)NCC#N. The number of nitriles is 1. The van der Waals surface area contributed by atoms with Gasteiger partial charge in [0, 0.05) is 5.56 Å². The van der Waals surface area contributed by atoms with E-state index < -0.39 is 6.04 Å². The molecule has 0 saturated heterocycles. The second kappa shape index (κ2) is 9.39. The Morgan fingerprint density at radius 2 is 1.81 bits per heavy atom. The minimum absolute atomic E-state index is 0.0953. The van der Waals surface area contributed by atoms with Gasteiger partial charge in [-0.05, 0) is 47.7 Å². The largest absolute Gasteiger partial charge is 0.508 e. The number of benzene rings is 2. The Morgan fingerprint density at radius 3 is 2.41 bits per heavy atom. The summed E-state index contributed by atoms with van der Waals surface area (Å²) in [4.78, 5) is 24.7. The number of phenolic OH excluding ortho intramolecular Hbond substituents is 1. The Morgan fingerprint density at radius 1 is 1.11 bits per heavy atom.